The van der Waals surface area contributed by atoms with Gasteiger partial charge in [-0.05, 0) is 51.3 Å². The molecule has 4 rings (SSSR count). The van der Waals surface area contributed by atoms with Crippen molar-refractivity contribution in [3.05, 3.63) is 83.6 Å². The molecule has 0 saturated carbocycles. The van der Waals surface area contributed by atoms with Crippen molar-refractivity contribution >= 4 is 30.7 Å². The molecule has 0 amide bonds. The van der Waals surface area contributed by atoms with E-state index in [-0.39, 0.29) is 30.0 Å². The fourth-order valence-electron chi connectivity index (χ4n) is 6.20. The Morgan fingerprint density at radius 3 is 2.41 bits per heavy atom. The summed E-state index contributed by atoms with van der Waals surface area (Å²) in [6.07, 6.45) is 8.97. The van der Waals surface area contributed by atoms with E-state index in [9.17, 15) is 14.3 Å². The highest BCUT2D eigenvalue weighted by atomic mass is 31.2. The van der Waals surface area contributed by atoms with Gasteiger partial charge in [-0.15, -0.1) is 0 Å². The van der Waals surface area contributed by atoms with Gasteiger partial charge in [-0.25, -0.2) is 0 Å². The molecular formula is C33H43N2O5P. The van der Waals surface area contributed by atoms with Gasteiger partial charge in [-0.3, -0.25) is 4.79 Å². The summed E-state index contributed by atoms with van der Waals surface area (Å²) >= 11 is 0. The molecule has 0 bridgehead atoms. The molecule has 2 aliphatic rings. The third kappa shape index (κ3) is 6.58. The zero-order valence-electron chi connectivity index (χ0n) is 24.9. The van der Waals surface area contributed by atoms with Crippen molar-refractivity contribution in [2.75, 3.05) is 30.8 Å². The number of hydrogen-bond acceptors (Lipinski definition) is 5. The Morgan fingerprint density at radius 2 is 1.71 bits per heavy atom. The zero-order chi connectivity index (χ0) is 29.8. The SMILES string of the molecule is CCOP(=O)([O-])CCN1/C(=C/C=C/C2=[N+](CCCCCC(=O)O)c3ccccc3C2(C)C)C(C)(C)c2ccccc21. The Hall–Kier alpha value is -2.99. The summed E-state index contributed by atoms with van der Waals surface area (Å²) < 4.78 is 19.8. The van der Waals surface area contributed by atoms with Gasteiger partial charge in [0.15, 0.2) is 5.71 Å². The van der Waals surface area contributed by atoms with Crippen LogP contribution in [0.5, 0.6) is 0 Å². The quantitative estimate of drug-likeness (QED) is 0.165. The minimum atomic E-state index is -3.93. The van der Waals surface area contributed by atoms with E-state index in [2.05, 4.69) is 91.8 Å². The average Bonchev–Trinajstić information content (AvgIpc) is 3.26. The van der Waals surface area contributed by atoms with Gasteiger partial charge in [0.05, 0.1) is 12.0 Å². The molecule has 0 aromatic heterocycles. The fraction of sp³-hybridized carbons (Fsp3) is 0.455. The Morgan fingerprint density at radius 1 is 1.02 bits per heavy atom. The second kappa shape index (κ2) is 12.5. The lowest BCUT2D eigenvalue weighted by atomic mass is 9.81. The van der Waals surface area contributed by atoms with Crippen LogP contribution in [0.1, 0.15) is 71.4 Å². The number of allylic oxidation sites excluding steroid dienone is 4. The number of fused-ring (bicyclic) bond motifs is 2. The number of carboxylic acids is 1. The third-order valence-electron chi connectivity index (χ3n) is 8.30. The first kappa shape index (κ1) is 31.0. The molecule has 1 N–H and O–H groups in total. The van der Waals surface area contributed by atoms with E-state index in [0.717, 1.165) is 30.8 Å². The molecule has 41 heavy (non-hydrogen) atoms. The summed E-state index contributed by atoms with van der Waals surface area (Å²) in [6.45, 7) is 11.8. The van der Waals surface area contributed by atoms with Gasteiger partial charge in [0, 0.05) is 60.1 Å². The first-order valence-electron chi connectivity index (χ1n) is 14.6. The molecule has 0 aliphatic carbocycles. The maximum atomic E-state index is 12.4. The van der Waals surface area contributed by atoms with E-state index in [1.54, 1.807) is 6.92 Å². The molecule has 2 aromatic carbocycles. The fourth-order valence-corrected chi connectivity index (χ4v) is 7.17. The third-order valence-corrected chi connectivity index (χ3v) is 9.70. The minimum absolute atomic E-state index is 0.0678. The molecule has 0 radical (unpaired) electrons. The molecule has 1 atom stereocenters. The normalized spacial score (nSPS) is 19.6. The molecule has 1 unspecified atom stereocenters. The van der Waals surface area contributed by atoms with E-state index in [0.29, 0.717) is 13.0 Å². The number of unbranched alkanes of at least 4 members (excludes halogenated alkanes) is 2. The Kier molecular flexibility index (Phi) is 9.42. The zero-order valence-corrected chi connectivity index (χ0v) is 25.8. The first-order chi connectivity index (χ1) is 19.4. The molecule has 2 heterocycles. The predicted molar refractivity (Wildman–Crippen MR) is 164 cm³/mol. The van der Waals surface area contributed by atoms with Crippen LogP contribution in [-0.4, -0.2) is 47.2 Å². The maximum Gasteiger partial charge on any atom is 0.303 e. The van der Waals surface area contributed by atoms with Gasteiger partial charge in [0.1, 0.15) is 14.1 Å². The number of rotatable bonds is 13. The predicted octanol–water partition coefficient (Wildman–Crippen LogP) is 6.54. The Balaban J connectivity index is 1.66. The number of anilines is 1. The molecular weight excluding hydrogens is 535 g/mol. The highest BCUT2D eigenvalue weighted by Crippen LogP contribution is 2.49. The second-order valence-corrected chi connectivity index (χ2v) is 13.8. The van der Waals surface area contributed by atoms with Gasteiger partial charge in [0.2, 0.25) is 5.69 Å². The van der Waals surface area contributed by atoms with Gasteiger partial charge >= 0.3 is 5.97 Å². The van der Waals surface area contributed by atoms with Crippen LogP contribution in [0.2, 0.25) is 0 Å². The van der Waals surface area contributed by atoms with Gasteiger partial charge < -0.3 is 24.0 Å². The first-order valence-corrected chi connectivity index (χ1v) is 16.3. The molecule has 0 saturated heterocycles. The van der Waals surface area contributed by atoms with Crippen LogP contribution < -0.4 is 9.79 Å². The highest BCUT2D eigenvalue weighted by molar-refractivity contribution is 7.51. The summed E-state index contributed by atoms with van der Waals surface area (Å²) in [5.74, 6) is -0.747. The smallest absolute Gasteiger partial charge is 0.303 e. The van der Waals surface area contributed by atoms with E-state index < -0.39 is 13.6 Å². The average molecular weight is 579 g/mol. The van der Waals surface area contributed by atoms with Crippen molar-refractivity contribution in [1.29, 1.82) is 0 Å². The van der Waals surface area contributed by atoms with Crippen molar-refractivity contribution in [1.82, 2.24) is 0 Å². The summed E-state index contributed by atoms with van der Waals surface area (Å²) in [6, 6.07) is 16.7. The molecule has 2 aromatic rings. The van der Waals surface area contributed by atoms with Crippen LogP contribution in [0, 0.1) is 0 Å². The lowest BCUT2D eigenvalue weighted by Gasteiger charge is -2.30. The topological polar surface area (TPSA) is 92.9 Å². The minimum Gasteiger partial charge on any atom is -0.778 e. The number of benzene rings is 2. The number of hydrogen-bond donors (Lipinski definition) is 1. The van der Waals surface area contributed by atoms with Gasteiger partial charge in [-0.2, -0.15) is 4.58 Å². The molecule has 2 aliphatic heterocycles. The summed E-state index contributed by atoms with van der Waals surface area (Å²) in [5, 5.41) is 8.99. The van der Waals surface area contributed by atoms with Crippen molar-refractivity contribution in [2.24, 2.45) is 0 Å². The van der Waals surface area contributed by atoms with Crippen LogP contribution in [0.25, 0.3) is 0 Å². The monoisotopic (exact) mass is 578 g/mol. The lowest BCUT2D eigenvalue weighted by Crippen LogP contribution is -2.30. The van der Waals surface area contributed by atoms with Crippen LogP contribution >= 0.6 is 7.60 Å². The van der Waals surface area contributed by atoms with E-state index in [4.69, 9.17) is 9.63 Å². The Bertz CT molecular complexity index is 1420. The van der Waals surface area contributed by atoms with Crippen LogP contribution in [-0.2, 0) is 24.7 Å². The van der Waals surface area contributed by atoms with Crippen molar-refractivity contribution in [3.63, 3.8) is 0 Å². The number of carbonyl (C=O) groups is 1. The number of aliphatic carboxylic acids is 1. The van der Waals surface area contributed by atoms with E-state index in [1.165, 1.54) is 22.5 Å². The van der Waals surface area contributed by atoms with Crippen LogP contribution in [0.15, 0.2) is 72.5 Å². The summed E-state index contributed by atoms with van der Waals surface area (Å²) in [4.78, 5) is 25.5. The maximum absolute atomic E-state index is 12.4. The van der Waals surface area contributed by atoms with Crippen LogP contribution in [0.4, 0.5) is 11.4 Å². The van der Waals surface area contributed by atoms with Gasteiger partial charge in [0.25, 0.3) is 0 Å². The molecule has 8 heteroatoms. The number of carboxylic acid groups (broad SMARTS) is 1. The molecule has 0 spiro atoms. The highest BCUT2D eigenvalue weighted by Gasteiger charge is 2.44. The van der Waals surface area contributed by atoms with Crippen molar-refractivity contribution in [2.45, 2.75) is 71.1 Å². The Labute approximate surface area is 244 Å². The molecule has 0 fully saturated rings. The van der Waals surface area contributed by atoms with E-state index in [1.807, 2.05) is 12.1 Å². The van der Waals surface area contributed by atoms with Gasteiger partial charge in [-0.1, -0.05) is 56.3 Å². The number of nitrogens with zero attached hydrogens (tertiary/aromatic N) is 2. The standard InChI is InChI=1S/C33H43N2O5P/c1-6-40-41(38,39)24-23-35-28-18-12-10-16-26(28)33(4,5)30(35)20-14-19-29-32(2,3)25-15-9-11-17-27(25)34(29)22-13-7-8-21-31(36)37/h9-12,14-20H,6-8,13,21-24H2,1-5H3,(H-,36,37,38,39). The summed E-state index contributed by atoms with van der Waals surface area (Å²) in [7, 11) is -3.93. The van der Waals surface area contributed by atoms with Crippen molar-refractivity contribution in [3.8, 4) is 0 Å². The van der Waals surface area contributed by atoms with Crippen LogP contribution in [0.3, 0.4) is 0 Å². The van der Waals surface area contributed by atoms with Crippen molar-refractivity contribution < 1.29 is 28.5 Å². The largest absolute Gasteiger partial charge is 0.778 e. The second-order valence-electron chi connectivity index (χ2n) is 11.8. The molecule has 7 nitrogen and oxygen atoms in total. The number of para-hydroxylation sites is 2. The summed E-state index contributed by atoms with van der Waals surface area (Å²) in [5.41, 5.74) is 6.39. The molecule has 220 valence electrons. The lowest BCUT2D eigenvalue weighted by molar-refractivity contribution is -0.438. The van der Waals surface area contributed by atoms with E-state index >= 15 is 0 Å².